The molecule has 3 heterocycles. The van der Waals surface area contributed by atoms with Gasteiger partial charge in [-0.15, -0.1) is 0 Å². The molecule has 140 valence electrons. The first-order valence-electron chi connectivity index (χ1n) is 8.15. The third-order valence-electron chi connectivity index (χ3n) is 3.97. The minimum absolute atomic E-state index is 0.0235. The van der Waals surface area contributed by atoms with Gasteiger partial charge < -0.3 is 5.32 Å². The van der Waals surface area contributed by atoms with Crippen LogP contribution in [0.25, 0.3) is 17.0 Å². The van der Waals surface area contributed by atoms with Crippen LogP contribution in [0.4, 0.5) is 18.9 Å². The Hall–Kier alpha value is -3.75. The lowest BCUT2D eigenvalue weighted by molar-refractivity contribution is -0.141. The van der Waals surface area contributed by atoms with Crippen molar-refractivity contribution in [1.82, 2.24) is 19.4 Å². The van der Waals surface area contributed by atoms with Gasteiger partial charge in [0, 0.05) is 36.0 Å². The van der Waals surface area contributed by atoms with Crippen molar-refractivity contribution in [2.24, 2.45) is 0 Å². The normalized spacial score (nSPS) is 11.5. The lowest BCUT2D eigenvalue weighted by Gasteiger charge is -2.08. The van der Waals surface area contributed by atoms with E-state index in [-0.39, 0.29) is 5.56 Å². The van der Waals surface area contributed by atoms with Crippen molar-refractivity contribution in [2.75, 3.05) is 5.32 Å². The third kappa shape index (κ3) is 3.54. The number of anilines is 1. The third-order valence-corrected chi connectivity index (χ3v) is 3.97. The predicted octanol–water partition coefficient (Wildman–Crippen LogP) is 4.06. The molecular formula is C19H12F3N5O. The van der Waals surface area contributed by atoms with Crippen molar-refractivity contribution in [3.05, 3.63) is 78.5 Å². The zero-order valence-corrected chi connectivity index (χ0v) is 14.2. The Morgan fingerprint density at radius 3 is 2.64 bits per heavy atom. The molecule has 3 aromatic heterocycles. The maximum absolute atomic E-state index is 12.6. The summed E-state index contributed by atoms with van der Waals surface area (Å²) in [4.78, 5) is 24.2. The molecule has 0 spiro atoms. The van der Waals surface area contributed by atoms with E-state index in [9.17, 15) is 18.0 Å². The van der Waals surface area contributed by atoms with Gasteiger partial charge in [-0.3, -0.25) is 14.2 Å². The lowest BCUT2D eigenvalue weighted by Crippen LogP contribution is -2.14. The summed E-state index contributed by atoms with van der Waals surface area (Å²) in [6.45, 7) is 0. The molecule has 9 heteroatoms. The first kappa shape index (κ1) is 17.7. The Balaban J connectivity index is 1.55. The van der Waals surface area contributed by atoms with Gasteiger partial charge in [0.05, 0.1) is 11.3 Å². The van der Waals surface area contributed by atoms with Crippen LogP contribution in [0.2, 0.25) is 0 Å². The predicted molar refractivity (Wildman–Crippen MR) is 95.6 cm³/mol. The van der Waals surface area contributed by atoms with Crippen LogP contribution < -0.4 is 5.32 Å². The second-order valence-electron chi connectivity index (χ2n) is 5.92. The fourth-order valence-corrected chi connectivity index (χ4v) is 2.62. The minimum atomic E-state index is -4.55. The number of carbonyl (C=O) groups excluding carboxylic acids is 1. The van der Waals surface area contributed by atoms with Crippen molar-refractivity contribution in [3.8, 4) is 11.3 Å². The summed E-state index contributed by atoms with van der Waals surface area (Å²) in [5, 5.41) is 2.65. The summed E-state index contributed by atoms with van der Waals surface area (Å²) in [6.07, 6.45) is 1.62. The molecule has 0 aliphatic carbocycles. The quantitative estimate of drug-likeness (QED) is 0.579. The molecule has 0 bridgehead atoms. The monoisotopic (exact) mass is 383 g/mol. The molecule has 4 rings (SSSR count). The van der Waals surface area contributed by atoms with Gasteiger partial charge in [0.2, 0.25) is 5.78 Å². The van der Waals surface area contributed by atoms with Crippen LogP contribution in [0.15, 0.2) is 67.3 Å². The lowest BCUT2D eigenvalue weighted by atomic mass is 10.1. The number of amides is 1. The Labute approximate surface area is 156 Å². The largest absolute Gasteiger partial charge is 0.433 e. The van der Waals surface area contributed by atoms with E-state index in [0.717, 1.165) is 23.9 Å². The fraction of sp³-hybridized carbons (Fsp3) is 0.0526. The number of carbonyl (C=O) groups is 1. The molecule has 0 aliphatic rings. The van der Waals surface area contributed by atoms with Crippen LogP contribution in [0.3, 0.4) is 0 Å². The Morgan fingerprint density at radius 2 is 1.93 bits per heavy atom. The molecule has 0 fully saturated rings. The van der Waals surface area contributed by atoms with Crippen molar-refractivity contribution < 1.29 is 18.0 Å². The summed E-state index contributed by atoms with van der Waals surface area (Å²) in [5.74, 6) is -0.0159. The van der Waals surface area contributed by atoms with Crippen LogP contribution in [0.1, 0.15) is 16.1 Å². The van der Waals surface area contributed by atoms with Crippen molar-refractivity contribution >= 4 is 17.4 Å². The van der Waals surface area contributed by atoms with E-state index in [2.05, 4.69) is 20.3 Å². The number of pyridine rings is 1. The number of rotatable bonds is 3. The minimum Gasteiger partial charge on any atom is -0.322 e. The van der Waals surface area contributed by atoms with Gasteiger partial charge in [-0.05, 0) is 30.3 Å². The smallest absolute Gasteiger partial charge is 0.322 e. The number of alkyl halides is 3. The zero-order chi connectivity index (χ0) is 19.7. The van der Waals surface area contributed by atoms with Crippen LogP contribution in [-0.4, -0.2) is 25.3 Å². The Morgan fingerprint density at radius 1 is 1.07 bits per heavy atom. The molecule has 1 amide bonds. The molecule has 4 aromatic rings. The van der Waals surface area contributed by atoms with E-state index in [1.165, 1.54) is 0 Å². The van der Waals surface area contributed by atoms with Gasteiger partial charge >= 0.3 is 6.18 Å². The summed E-state index contributed by atoms with van der Waals surface area (Å²) in [5.41, 5.74) is 0.883. The molecule has 1 N–H and O–H groups in total. The van der Waals surface area contributed by atoms with E-state index in [4.69, 9.17) is 0 Å². The number of aromatic nitrogens is 4. The van der Waals surface area contributed by atoms with E-state index in [1.54, 1.807) is 34.9 Å². The standard InChI is InChI=1S/C19H12F3N5O/c20-19(21,22)16-6-5-13(10-24-16)17(28)25-14-4-1-3-12(9-14)15-11-27-8-2-7-23-18(27)26-15/h1-11H,(H,25,28). The Bertz CT molecular complexity index is 1120. The summed E-state index contributed by atoms with van der Waals surface area (Å²) < 4.78 is 39.5. The van der Waals surface area contributed by atoms with E-state index < -0.39 is 17.8 Å². The number of hydrogen-bond donors (Lipinski definition) is 1. The summed E-state index contributed by atoms with van der Waals surface area (Å²) in [6, 6.07) is 10.6. The average Bonchev–Trinajstić information content (AvgIpc) is 3.12. The summed E-state index contributed by atoms with van der Waals surface area (Å²) in [7, 11) is 0. The van der Waals surface area contributed by atoms with Gasteiger partial charge in [0.25, 0.3) is 5.91 Å². The van der Waals surface area contributed by atoms with Crippen LogP contribution in [-0.2, 0) is 6.18 Å². The highest BCUT2D eigenvalue weighted by atomic mass is 19.4. The second kappa shape index (κ2) is 6.76. The number of nitrogens with one attached hydrogen (secondary N) is 1. The topological polar surface area (TPSA) is 72.2 Å². The van der Waals surface area contributed by atoms with Crippen LogP contribution >= 0.6 is 0 Å². The van der Waals surface area contributed by atoms with Crippen LogP contribution in [0.5, 0.6) is 0 Å². The van der Waals surface area contributed by atoms with Crippen LogP contribution in [0, 0.1) is 0 Å². The van der Waals surface area contributed by atoms with E-state index in [1.807, 2.05) is 18.5 Å². The molecule has 0 unspecified atom stereocenters. The molecule has 0 saturated heterocycles. The average molecular weight is 383 g/mol. The molecule has 0 radical (unpaired) electrons. The molecule has 6 nitrogen and oxygen atoms in total. The molecule has 0 atom stereocenters. The first-order valence-corrected chi connectivity index (χ1v) is 8.15. The highest BCUT2D eigenvalue weighted by molar-refractivity contribution is 6.04. The highest BCUT2D eigenvalue weighted by Crippen LogP contribution is 2.27. The molecular weight excluding hydrogens is 371 g/mol. The molecule has 0 saturated carbocycles. The Kier molecular flexibility index (Phi) is 4.26. The summed E-state index contributed by atoms with van der Waals surface area (Å²) >= 11 is 0. The molecule has 0 aliphatic heterocycles. The SMILES string of the molecule is O=C(Nc1cccc(-c2cn3cccnc3n2)c1)c1ccc(C(F)(F)F)nc1. The van der Waals surface area contributed by atoms with E-state index >= 15 is 0 Å². The number of nitrogens with zero attached hydrogens (tertiary/aromatic N) is 4. The van der Waals surface area contributed by atoms with Crippen molar-refractivity contribution in [1.29, 1.82) is 0 Å². The van der Waals surface area contributed by atoms with Gasteiger partial charge in [-0.1, -0.05) is 12.1 Å². The maximum atomic E-state index is 12.6. The molecule has 28 heavy (non-hydrogen) atoms. The number of benzene rings is 1. The second-order valence-corrected chi connectivity index (χ2v) is 5.92. The number of halogens is 3. The zero-order valence-electron chi connectivity index (χ0n) is 14.2. The van der Waals surface area contributed by atoms with Crippen molar-refractivity contribution in [3.63, 3.8) is 0 Å². The number of imidazole rings is 1. The fourth-order valence-electron chi connectivity index (χ4n) is 2.62. The van der Waals surface area contributed by atoms with Crippen molar-refractivity contribution in [2.45, 2.75) is 6.18 Å². The first-order chi connectivity index (χ1) is 13.4. The van der Waals surface area contributed by atoms with Gasteiger partial charge in [-0.25, -0.2) is 9.97 Å². The number of fused-ring (bicyclic) bond motifs is 1. The van der Waals surface area contributed by atoms with E-state index in [0.29, 0.717) is 17.2 Å². The van der Waals surface area contributed by atoms with Gasteiger partial charge in [0.1, 0.15) is 5.69 Å². The maximum Gasteiger partial charge on any atom is 0.433 e. The highest BCUT2D eigenvalue weighted by Gasteiger charge is 2.32. The molecule has 1 aromatic carbocycles. The van der Waals surface area contributed by atoms with Gasteiger partial charge in [0.15, 0.2) is 0 Å². The van der Waals surface area contributed by atoms with Gasteiger partial charge in [-0.2, -0.15) is 13.2 Å². The number of hydrogen-bond acceptors (Lipinski definition) is 4.